The first-order valence-corrected chi connectivity index (χ1v) is 8.98. The summed E-state index contributed by atoms with van der Waals surface area (Å²) in [6.07, 6.45) is 0. The molecule has 4 rings (SSSR count). The van der Waals surface area contributed by atoms with Gasteiger partial charge in [-0.2, -0.15) is 0 Å². The smallest absolute Gasteiger partial charge is 0.108 e. The molecule has 1 aliphatic rings. The summed E-state index contributed by atoms with van der Waals surface area (Å²) in [5, 5.41) is 1.23. The first kappa shape index (κ1) is 14.7. The Hall–Kier alpha value is -1.91. The van der Waals surface area contributed by atoms with Gasteiger partial charge in [-0.3, -0.25) is 4.90 Å². The Morgan fingerprint density at radius 3 is 2.61 bits per heavy atom. The zero-order valence-corrected chi connectivity index (χ0v) is 14.2. The van der Waals surface area contributed by atoms with Gasteiger partial charge in [-0.15, -0.1) is 11.3 Å². The minimum atomic E-state index is 0.973. The van der Waals surface area contributed by atoms with E-state index in [4.69, 9.17) is 4.98 Å². The van der Waals surface area contributed by atoms with Crippen molar-refractivity contribution in [3.05, 3.63) is 59.1 Å². The monoisotopic (exact) mass is 323 g/mol. The first-order chi connectivity index (χ1) is 11.3. The highest BCUT2D eigenvalue weighted by Gasteiger charge is 2.18. The minimum Gasteiger partial charge on any atom is -0.369 e. The molecule has 0 aliphatic carbocycles. The molecule has 2 aromatic carbocycles. The molecule has 1 aliphatic heterocycles. The van der Waals surface area contributed by atoms with Crippen LogP contribution in [0.1, 0.15) is 10.6 Å². The molecule has 3 aromatic rings. The van der Waals surface area contributed by atoms with Crippen molar-refractivity contribution in [2.24, 2.45) is 0 Å². The summed E-state index contributed by atoms with van der Waals surface area (Å²) in [5.41, 5.74) is 3.81. The Balaban J connectivity index is 1.39. The fraction of sp³-hybridized carbons (Fsp3) is 0.316. The Kier molecular flexibility index (Phi) is 4.02. The summed E-state index contributed by atoms with van der Waals surface area (Å²) in [6, 6.07) is 17.2. The molecule has 1 fully saturated rings. The highest BCUT2D eigenvalue weighted by Crippen LogP contribution is 2.24. The number of aromatic nitrogens is 1. The minimum absolute atomic E-state index is 0.973. The van der Waals surface area contributed by atoms with Crippen molar-refractivity contribution in [3.8, 4) is 0 Å². The van der Waals surface area contributed by atoms with Crippen LogP contribution in [0.15, 0.2) is 48.5 Å². The van der Waals surface area contributed by atoms with Gasteiger partial charge in [0.15, 0.2) is 0 Å². The lowest BCUT2D eigenvalue weighted by Gasteiger charge is -2.35. The average molecular weight is 323 g/mol. The van der Waals surface area contributed by atoms with Crippen LogP contribution >= 0.6 is 11.3 Å². The average Bonchev–Trinajstić information content (AvgIpc) is 2.98. The zero-order chi connectivity index (χ0) is 15.6. The van der Waals surface area contributed by atoms with Crippen LogP contribution in [-0.2, 0) is 6.54 Å². The highest BCUT2D eigenvalue weighted by molar-refractivity contribution is 7.18. The van der Waals surface area contributed by atoms with Crippen molar-refractivity contribution in [3.63, 3.8) is 0 Å². The lowest BCUT2D eigenvalue weighted by atomic mass is 10.2. The molecule has 1 aromatic heterocycles. The van der Waals surface area contributed by atoms with Gasteiger partial charge in [-0.05, 0) is 36.8 Å². The number of fused-ring (bicyclic) bond motifs is 1. The predicted molar refractivity (Wildman–Crippen MR) is 98.3 cm³/mol. The third-order valence-corrected chi connectivity index (χ3v) is 5.46. The standard InChI is InChI=1S/C19H21N3S/c1-15-5-4-6-16(13-15)22-11-9-21(10-12-22)14-19-20-17-7-2-3-8-18(17)23-19/h2-8,13H,9-12,14H2,1H3. The lowest BCUT2D eigenvalue weighted by Crippen LogP contribution is -2.45. The highest BCUT2D eigenvalue weighted by atomic mass is 32.1. The Morgan fingerprint density at radius 1 is 1.00 bits per heavy atom. The molecule has 23 heavy (non-hydrogen) atoms. The Morgan fingerprint density at radius 2 is 1.83 bits per heavy atom. The van der Waals surface area contributed by atoms with E-state index in [9.17, 15) is 0 Å². The molecule has 0 atom stereocenters. The summed E-state index contributed by atoms with van der Waals surface area (Å²) < 4.78 is 1.29. The van der Waals surface area contributed by atoms with E-state index in [1.54, 1.807) is 0 Å². The largest absolute Gasteiger partial charge is 0.369 e. The van der Waals surface area contributed by atoms with Crippen LogP contribution in [0.4, 0.5) is 5.69 Å². The second-order valence-electron chi connectivity index (χ2n) is 6.18. The summed E-state index contributed by atoms with van der Waals surface area (Å²) in [6.45, 7) is 7.52. The molecule has 0 N–H and O–H groups in total. The van der Waals surface area contributed by atoms with E-state index in [1.807, 2.05) is 11.3 Å². The molecule has 2 heterocycles. The molecule has 0 bridgehead atoms. The number of hydrogen-bond acceptors (Lipinski definition) is 4. The molecule has 118 valence electrons. The maximum atomic E-state index is 4.76. The third-order valence-electron chi connectivity index (χ3n) is 4.44. The fourth-order valence-electron chi connectivity index (χ4n) is 3.17. The van der Waals surface area contributed by atoms with Gasteiger partial charge in [0.1, 0.15) is 5.01 Å². The molecule has 0 unspecified atom stereocenters. The van der Waals surface area contributed by atoms with Gasteiger partial charge in [-0.25, -0.2) is 4.98 Å². The van der Waals surface area contributed by atoms with Crippen LogP contribution in [0.25, 0.3) is 10.2 Å². The van der Waals surface area contributed by atoms with Gasteiger partial charge < -0.3 is 4.90 Å². The van der Waals surface area contributed by atoms with Gasteiger partial charge in [0.25, 0.3) is 0 Å². The SMILES string of the molecule is Cc1cccc(N2CCN(Cc3nc4ccccc4s3)CC2)c1. The molecule has 0 saturated carbocycles. The van der Waals surface area contributed by atoms with Crippen LogP contribution in [-0.4, -0.2) is 36.1 Å². The maximum Gasteiger partial charge on any atom is 0.108 e. The third kappa shape index (κ3) is 3.23. The summed E-state index contributed by atoms with van der Waals surface area (Å²) >= 11 is 1.82. The molecule has 3 nitrogen and oxygen atoms in total. The van der Waals surface area contributed by atoms with Crippen molar-refractivity contribution < 1.29 is 0 Å². The second-order valence-corrected chi connectivity index (χ2v) is 7.29. The van der Waals surface area contributed by atoms with Crippen LogP contribution in [0.3, 0.4) is 0 Å². The molecular weight excluding hydrogens is 302 g/mol. The van der Waals surface area contributed by atoms with Crippen molar-refractivity contribution >= 4 is 27.2 Å². The van der Waals surface area contributed by atoms with E-state index in [-0.39, 0.29) is 0 Å². The van der Waals surface area contributed by atoms with Crippen molar-refractivity contribution in [2.45, 2.75) is 13.5 Å². The van der Waals surface area contributed by atoms with Crippen LogP contribution in [0.2, 0.25) is 0 Å². The van der Waals surface area contributed by atoms with E-state index in [0.717, 1.165) is 38.2 Å². The van der Waals surface area contributed by atoms with Gasteiger partial charge in [0.2, 0.25) is 0 Å². The van der Waals surface area contributed by atoms with E-state index in [2.05, 4.69) is 65.3 Å². The van der Waals surface area contributed by atoms with E-state index >= 15 is 0 Å². The van der Waals surface area contributed by atoms with Gasteiger partial charge >= 0.3 is 0 Å². The van der Waals surface area contributed by atoms with E-state index in [0.29, 0.717) is 0 Å². The number of piperazine rings is 1. The Bertz CT molecular complexity index is 770. The molecular formula is C19H21N3S. The number of rotatable bonds is 3. The second kappa shape index (κ2) is 6.30. The molecule has 0 spiro atoms. The lowest BCUT2D eigenvalue weighted by molar-refractivity contribution is 0.249. The number of thiazole rings is 1. The van der Waals surface area contributed by atoms with Crippen molar-refractivity contribution in [1.82, 2.24) is 9.88 Å². The number of para-hydroxylation sites is 1. The zero-order valence-electron chi connectivity index (χ0n) is 13.4. The quantitative estimate of drug-likeness (QED) is 0.728. The Labute approximate surface area is 141 Å². The number of hydrogen-bond donors (Lipinski definition) is 0. The molecule has 0 amide bonds. The van der Waals surface area contributed by atoms with Crippen LogP contribution < -0.4 is 4.90 Å². The van der Waals surface area contributed by atoms with Gasteiger partial charge in [-0.1, -0.05) is 24.3 Å². The van der Waals surface area contributed by atoms with Crippen LogP contribution in [0.5, 0.6) is 0 Å². The number of nitrogens with zero attached hydrogens (tertiary/aromatic N) is 3. The summed E-state index contributed by atoms with van der Waals surface area (Å²) in [7, 11) is 0. The summed E-state index contributed by atoms with van der Waals surface area (Å²) in [5.74, 6) is 0. The maximum absolute atomic E-state index is 4.76. The van der Waals surface area contributed by atoms with Crippen molar-refractivity contribution in [2.75, 3.05) is 31.1 Å². The fourth-order valence-corrected chi connectivity index (χ4v) is 4.18. The summed E-state index contributed by atoms with van der Waals surface area (Å²) in [4.78, 5) is 9.76. The normalized spacial score (nSPS) is 16.1. The molecule has 0 radical (unpaired) electrons. The number of benzene rings is 2. The van der Waals surface area contributed by atoms with Gasteiger partial charge in [0.05, 0.1) is 16.8 Å². The van der Waals surface area contributed by atoms with E-state index in [1.165, 1.54) is 21.0 Å². The van der Waals surface area contributed by atoms with Crippen LogP contribution in [0, 0.1) is 6.92 Å². The first-order valence-electron chi connectivity index (χ1n) is 8.16. The molecule has 1 saturated heterocycles. The van der Waals surface area contributed by atoms with Crippen molar-refractivity contribution in [1.29, 1.82) is 0 Å². The predicted octanol–water partition coefficient (Wildman–Crippen LogP) is 3.93. The number of anilines is 1. The topological polar surface area (TPSA) is 19.4 Å². The van der Waals surface area contributed by atoms with Gasteiger partial charge in [0, 0.05) is 31.9 Å². The van der Waals surface area contributed by atoms with E-state index < -0.39 is 0 Å². The number of aryl methyl sites for hydroxylation is 1. The molecule has 4 heteroatoms.